The van der Waals surface area contributed by atoms with Gasteiger partial charge in [-0.15, -0.1) is 10.1 Å². The molecule has 3 heterocycles. The largest absolute Gasteiger partial charge is 0.475 e. The van der Waals surface area contributed by atoms with Gasteiger partial charge < -0.3 is 23.8 Å². The first-order valence-corrected chi connectivity index (χ1v) is 9.92. The van der Waals surface area contributed by atoms with Crippen molar-refractivity contribution in [1.29, 1.82) is 0 Å². The first-order chi connectivity index (χ1) is 15.1. The number of esters is 1. The number of carbonyl (C=O) groups is 1. The molecular weight excluding hydrogens is 439 g/mol. The summed E-state index contributed by atoms with van der Waals surface area (Å²) in [7, 11) is 0. The van der Waals surface area contributed by atoms with Crippen molar-refractivity contribution in [3.8, 4) is 5.75 Å². The molecule has 9 nitrogen and oxygen atoms in total. The van der Waals surface area contributed by atoms with E-state index in [-0.39, 0.29) is 19.0 Å². The molecule has 1 aromatic rings. The van der Waals surface area contributed by atoms with Crippen LogP contribution in [0.5, 0.6) is 5.75 Å². The molecule has 0 radical (unpaired) electrons. The molecule has 0 unspecified atom stereocenters. The number of carbonyl (C=O) groups excluding carboxylic acids is 1. The predicted molar refractivity (Wildman–Crippen MR) is 100 cm³/mol. The van der Waals surface area contributed by atoms with E-state index in [1.165, 1.54) is 0 Å². The monoisotopic (exact) mass is 459 g/mol. The fraction of sp³-hybridized carbons (Fsp3) is 0.550. The molecule has 2 saturated heterocycles. The highest BCUT2D eigenvalue weighted by molar-refractivity contribution is 5.96. The van der Waals surface area contributed by atoms with Gasteiger partial charge in [-0.3, -0.25) is 0 Å². The van der Waals surface area contributed by atoms with Crippen LogP contribution in [-0.2, 0) is 30.3 Å². The minimum atomic E-state index is -4.86. The Morgan fingerprint density at radius 3 is 2.50 bits per heavy atom. The maximum absolute atomic E-state index is 13.8. The van der Waals surface area contributed by atoms with E-state index in [4.69, 9.17) is 18.9 Å². The van der Waals surface area contributed by atoms with Crippen molar-refractivity contribution in [2.45, 2.75) is 57.0 Å². The highest BCUT2D eigenvalue weighted by Crippen LogP contribution is 2.41. The molecule has 0 N–H and O–H groups in total. The summed E-state index contributed by atoms with van der Waals surface area (Å²) in [5.41, 5.74) is 1.06. The van der Waals surface area contributed by atoms with Gasteiger partial charge in [0.15, 0.2) is 12.2 Å². The van der Waals surface area contributed by atoms with Crippen LogP contribution in [0, 0.1) is 17.0 Å². The minimum Gasteiger partial charge on any atom is -0.475 e. The summed E-state index contributed by atoms with van der Waals surface area (Å²) >= 11 is 0. The number of hydrogen-bond donors (Lipinski definition) is 0. The second kappa shape index (κ2) is 8.24. The summed E-state index contributed by atoms with van der Waals surface area (Å²) in [4.78, 5) is 27.8. The van der Waals surface area contributed by atoms with Crippen molar-refractivity contribution >= 4 is 12.0 Å². The van der Waals surface area contributed by atoms with Crippen LogP contribution >= 0.6 is 0 Å². The molecule has 4 rings (SSSR count). The first-order valence-electron chi connectivity index (χ1n) is 9.92. The van der Waals surface area contributed by atoms with Crippen molar-refractivity contribution in [2.75, 3.05) is 13.2 Å². The highest BCUT2D eigenvalue weighted by atomic mass is 19.4. The van der Waals surface area contributed by atoms with E-state index >= 15 is 0 Å². The predicted octanol–water partition coefficient (Wildman–Crippen LogP) is 2.55. The van der Waals surface area contributed by atoms with E-state index in [2.05, 4.69) is 4.84 Å². The Bertz CT molecular complexity index is 963. The van der Waals surface area contributed by atoms with Crippen LogP contribution in [0.2, 0.25) is 0 Å². The topological polar surface area (TPSA) is 106 Å². The smallest absolute Gasteiger partial charge is 0.430 e. The van der Waals surface area contributed by atoms with E-state index in [1.54, 1.807) is 26.0 Å². The highest BCUT2D eigenvalue weighted by Gasteiger charge is 2.53. The van der Waals surface area contributed by atoms with Crippen LogP contribution in [-0.4, -0.2) is 61.0 Å². The van der Waals surface area contributed by atoms with E-state index in [0.717, 1.165) is 11.6 Å². The van der Waals surface area contributed by atoms with Gasteiger partial charge in [0.2, 0.25) is 6.10 Å². The second-order valence-electron chi connectivity index (χ2n) is 7.74. The molecule has 3 aliphatic rings. The van der Waals surface area contributed by atoms with Gasteiger partial charge in [-0.25, -0.2) is 4.79 Å². The molecule has 12 heteroatoms. The molecule has 32 heavy (non-hydrogen) atoms. The number of aryl methyl sites for hydroxylation is 2. The Morgan fingerprint density at radius 1 is 1.22 bits per heavy atom. The third-order valence-corrected chi connectivity index (χ3v) is 5.52. The summed E-state index contributed by atoms with van der Waals surface area (Å²) < 4.78 is 62.6. The lowest BCUT2D eigenvalue weighted by atomic mass is 9.96. The number of rotatable bonds is 5. The number of hydrogen-bond acceptors (Lipinski definition) is 8. The summed E-state index contributed by atoms with van der Waals surface area (Å²) in [5.74, 6) is -1.14. The number of ether oxygens (including phenoxy) is 4. The lowest BCUT2D eigenvalue weighted by molar-refractivity contribution is -0.769. The number of alkyl halides is 3. The molecular formula is C20H20F3NO8. The van der Waals surface area contributed by atoms with Gasteiger partial charge in [0.05, 0.1) is 18.8 Å². The molecule has 0 amide bonds. The first kappa shape index (κ1) is 22.3. The maximum atomic E-state index is 13.8. The summed E-state index contributed by atoms with van der Waals surface area (Å²) in [6.07, 6.45) is -9.59. The van der Waals surface area contributed by atoms with Crippen LogP contribution < -0.4 is 4.74 Å². The van der Waals surface area contributed by atoms with Gasteiger partial charge >= 0.3 is 12.1 Å². The summed E-state index contributed by atoms with van der Waals surface area (Å²) in [5, 5.41) is 9.58. The van der Waals surface area contributed by atoms with E-state index < -0.39 is 53.3 Å². The van der Waals surface area contributed by atoms with Crippen LogP contribution in [0.25, 0.3) is 6.08 Å². The van der Waals surface area contributed by atoms with Crippen molar-refractivity contribution in [3.63, 3.8) is 0 Å². The fourth-order valence-corrected chi connectivity index (χ4v) is 4.16. The zero-order valence-electron chi connectivity index (χ0n) is 17.1. The van der Waals surface area contributed by atoms with E-state index in [0.29, 0.717) is 17.5 Å². The molecule has 0 spiro atoms. The van der Waals surface area contributed by atoms with E-state index in [9.17, 15) is 28.1 Å². The number of nitrogens with zero attached hydrogens (tertiary/aromatic N) is 1. The number of fused-ring (bicyclic) bond motifs is 2. The minimum absolute atomic E-state index is 0.0835. The SMILES string of the molecule is CCc1cc(C)cc2c1O[C@H](C(F)(F)F)C(C(=O)O[C@H]1CO[C@H]3[C@@H]1OC[C@H]3O[N+](=O)[O-])=C2. The van der Waals surface area contributed by atoms with Crippen molar-refractivity contribution in [2.24, 2.45) is 0 Å². The Kier molecular flexibility index (Phi) is 5.76. The van der Waals surface area contributed by atoms with Crippen LogP contribution in [0.3, 0.4) is 0 Å². The second-order valence-corrected chi connectivity index (χ2v) is 7.74. The zero-order chi connectivity index (χ0) is 23.2. The molecule has 0 saturated carbocycles. The van der Waals surface area contributed by atoms with Crippen LogP contribution in [0.1, 0.15) is 23.6 Å². The molecule has 3 aliphatic heterocycles. The Labute approximate surface area is 180 Å². The molecule has 174 valence electrons. The lowest BCUT2D eigenvalue weighted by Crippen LogP contribution is -2.43. The van der Waals surface area contributed by atoms with Crippen LogP contribution in [0.15, 0.2) is 17.7 Å². The normalized spacial score (nSPS) is 28.9. The van der Waals surface area contributed by atoms with Crippen molar-refractivity contribution in [3.05, 3.63) is 44.5 Å². The average molecular weight is 459 g/mol. The Balaban J connectivity index is 1.58. The van der Waals surface area contributed by atoms with Gasteiger partial charge in [-0.05, 0) is 36.6 Å². The zero-order valence-corrected chi connectivity index (χ0v) is 17.1. The molecule has 2 fully saturated rings. The molecule has 0 aliphatic carbocycles. The van der Waals surface area contributed by atoms with Crippen molar-refractivity contribution < 1.29 is 46.8 Å². The Morgan fingerprint density at radius 2 is 1.88 bits per heavy atom. The third-order valence-electron chi connectivity index (χ3n) is 5.52. The lowest BCUT2D eigenvalue weighted by Gasteiger charge is -2.30. The quantitative estimate of drug-likeness (QED) is 0.376. The average Bonchev–Trinajstić information content (AvgIpc) is 3.28. The van der Waals surface area contributed by atoms with E-state index in [1.807, 2.05) is 0 Å². The van der Waals surface area contributed by atoms with Gasteiger partial charge in [-0.2, -0.15) is 13.2 Å². The molecule has 5 atom stereocenters. The van der Waals surface area contributed by atoms with Gasteiger partial charge in [0.25, 0.3) is 5.09 Å². The summed E-state index contributed by atoms with van der Waals surface area (Å²) in [6.45, 7) is 3.22. The Hall–Kier alpha value is -2.86. The van der Waals surface area contributed by atoms with Gasteiger partial charge in [0, 0.05) is 5.56 Å². The maximum Gasteiger partial charge on any atom is 0.430 e. The molecule has 0 aromatic heterocycles. The number of benzene rings is 1. The number of halogens is 3. The van der Waals surface area contributed by atoms with Crippen LogP contribution in [0.4, 0.5) is 13.2 Å². The van der Waals surface area contributed by atoms with Gasteiger partial charge in [-0.1, -0.05) is 13.0 Å². The molecule has 0 bridgehead atoms. The van der Waals surface area contributed by atoms with Gasteiger partial charge in [0.1, 0.15) is 18.0 Å². The third kappa shape index (κ3) is 4.11. The van der Waals surface area contributed by atoms with Crippen molar-refractivity contribution in [1.82, 2.24) is 0 Å². The summed E-state index contributed by atoms with van der Waals surface area (Å²) in [6, 6.07) is 3.36. The molecule has 1 aromatic carbocycles. The fourth-order valence-electron chi connectivity index (χ4n) is 4.16. The standard InChI is InChI=1S/C20H20F3NO8/c1-3-10-4-9(2)5-11-6-12(18(20(21,22)23)31-15(10)11)19(25)30-13-7-28-17-14(32-24(26)27)8-29-16(13)17/h4-6,13-14,16-18H,3,7-8H2,1-2H3/t13-,14+,16+,17+,18-/m0/s1.